The van der Waals surface area contributed by atoms with Crippen molar-refractivity contribution in [3.63, 3.8) is 0 Å². The monoisotopic (exact) mass is 220 g/mol. The molecule has 0 bridgehead atoms. The van der Waals surface area contributed by atoms with Crippen molar-refractivity contribution in [2.75, 3.05) is 13.1 Å². The van der Waals surface area contributed by atoms with Crippen molar-refractivity contribution in [3.8, 4) is 0 Å². The van der Waals surface area contributed by atoms with Gasteiger partial charge >= 0.3 is 0 Å². The molecule has 1 saturated heterocycles. The molecule has 3 rings (SSSR count). The molecule has 0 aromatic carbocycles. The van der Waals surface area contributed by atoms with Crippen LogP contribution in [-0.4, -0.2) is 18.1 Å². The van der Waals surface area contributed by atoms with E-state index in [1.165, 1.54) is 44.2 Å². The largest absolute Gasteiger partial charge is 0.448 e. The third-order valence-electron chi connectivity index (χ3n) is 4.00. The standard InChI is InChI=1S/C13H20N2O/c1-2-4-10(3-1)12-9-16-13(15-12)11-5-7-14-8-6-11/h9-11,14H,1-8H2. The van der Waals surface area contributed by atoms with Crippen LogP contribution >= 0.6 is 0 Å². The molecule has 1 aromatic rings. The van der Waals surface area contributed by atoms with E-state index in [4.69, 9.17) is 9.40 Å². The summed E-state index contributed by atoms with van der Waals surface area (Å²) in [5, 5.41) is 3.38. The van der Waals surface area contributed by atoms with Crippen LogP contribution in [0.1, 0.15) is 61.9 Å². The van der Waals surface area contributed by atoms with Gasteiger partial charge in [0.15, 0.2) is 5.89 Å². The molecule has 2 fully saturated rings. The lowest BCUT2D eigenvalue weighted by Crippen LogP contribution is -2.26. The number of hydrogen-bond acceptors (Lipinski definition) is 3. The summed E-state index contributed by atoms with van der Waals surface area (Å²) in [5.41, 5.74) is 1.21. The van der Waals surface area contributed by atoms with E-state index >= 15 is 0 Å². The molecule has 88 valence electrons. The lowest BCUT2D eigenvalue weighted by atomic mass is 9.98. The zero-order valence-electron chi connectivity index (χ0n) is 9.74. The van der Waals surface area contributed by atoms with E-state index in [0.717, 1.165) is 19.0 Å². The van der Waals surface area contributed by atoms with Gasteiger partial charge in [-0.1, -0.05) is 12.8 Å². The summed E-state index contributed by atoms with van der Waals surface area (Å²) in [4.78, 5) is 4.72. The number of oxazole rings is 1. The van der Waals surface area contributed by atoms with Crippen molar-refractivity contribution in [2.24, 2.45) is 0 Å². The Labute approximate surface area is 96.6 Å². The lowest BCUT2D eigenvalue weighted by molar-refractivity contribution is 0.374. The SMILES string of the molecule is c1oc(C2CCNCC2)nc1C1CCCC1. The van der Waals surface area contributed by atoms with Crippen LogP contribution in [-0.2, 0) is 0 Å². The summed E-state index contributed by atoms with van der Waals surface area (Å²) in [6.45, 7) is 2.21. The molecule has 0 amide bonds. The molecule has 0 radical (unpaired) electrons. The van der Waals surface area contributed by atoms with Gasteiger partial charge in [-0.25, -0.2) is 4.98 Å². The highest BCUT2D eigenvalue weighted by atomic mass is 16.3. The average Bonchev–Trinajstić information content (AvgIpc) is 3.01. The van der Waals surface area contributed by atoms with Crippen LogP contribution in [0.2, 0.25) is 0 Å². The highest BCUT2D eigenvalue weighted by Crippen LogP contribution is 2.35. The van der Waals surface area contributed by atoms with Gasteiger partial charge in [-0.2, -0.15) is 0 Å². The molecule has 1 aromatic heterocycles. The van der Waals surface area contributed by atoms with Crippen LogP contribution in [0.15, 0.2) is 10.7 Å². The Hall–Kier alpha value is -0.830. The molecular formula is C13H20N2O. The summed E-state index contributed by atoms with van der Waals surface area (Å²) in [5.74, 6) is 2.22. The van der Waals surface area contributed by atoms with Gasteiger partial charge in [-0.05, 0) is 38.8 Å². The fourth-order valence-electron chi connectivity index (χ4n) is 2.97. The predicted octanol–water partition coefficient (Wildman–Crippen LogP) is 2.80. The fraction of sp³-hybridized carbons (Fsp3) is 0.769. The zero-order valence-corrected chi connectivity index (χ0v) is 9.74. The third kappa shape index (κ3) is 2.01. The first-order chi connectivity index (χ1) is 7.93. The van der Waals surface area contributed by atoms with Crippen LogP contribution in [0.3, 0.4) is 0 Å². The molecule has 16 heavy (non-hydrogen) atoms. The van der Waals surface area contributed by atoms with E-state index in [1.54, 1.807) is 0 Å². The Morgan fingerprint density at radius 2 is 1.81 bits per heavy atom. The molecule has 1 N–H and O–H groups in total. The molecule has 3 nitrogen and oxygen atoms in total. The number of piperidine rings is 1. The maximum absolute atomic E-state index is 5.68. The van der Waals surface area contributed by atoms with Crippen LogP contribution in [0.4, 0.5) is 0 Å². The Balaban J connectivity index is 1.71. The highest BCUT2D eigenvalue weighted by molar-refractivity contribution is 5.08. The van der Waals surface area contributed by atoms with Gasteiger partial charge in [0, 0.05) is 11.8 Å². The molecule has 3 heteroatoms. The van der Waals surface area contributed by atoms with Gasteiger partial charge < -0.3 is 9.73 Å². The second-order valence-electron chi connectivity index (χ2n) is 5.12. The molecule has 1 aliphatic carbocycles. The molecule has 1 saturated carbocycles. The first-order valence-corrected chi connectivity index (χ1v) is 6.59. The molecule has 0 atom stereocenters. The second kappa shape index (κ2) is 4.58. The maximum Gasteiger partial charge on any atom is 0.197 e. The van der Waals surface area contributed by atoms with Crippen molar-refractivity contribution in [1.29, 1.82) is 0 Å². The van der Waals surface area contributed by atoms with Gasteiger partial charge in [-0.15, -0.1) is 0 Å². The number of hydrogen-bond donors (Lipinski definition) is 1. The van der Waals surface area contributed by atoms with Crippen molar-refractivity contribution < 1.29 is 4.42 Å². The minimum Gasteiger partial charge on any atom is -0.448 e. The summed E-state index contributed by atoms with van der Waals surface area (Å²) in [7, 11) is 0. The minimum absolute atomic E-state index is 0.552. The molecule has 0 unspecified atom stereocenters. The van der Waals surface area contributed by atoms with E-state index < -0.39 is 0 Å². The molecule has 1 aliphatic heterocycles. The van der Waals surface area contributed by atoms with E-state index in [9.17, 15) is 0 Å². The summed E-state index contributed by atoms with van der Waals surface area (Å²) >= 11 is 0. The van der Waals surface area contributed by atoms with E-state index in [2.05, 4.69) is 5.32 Å². The van der Waals surface area contributed by atoms with E-state index in [-0.39, 0.29) is 0 Å². The van der Waals surface area contributed by atoms with Gasteiger partial charge in [0.05, 0.1) is 5.69 Å². The van der Waals surface area contributed by atoms with Gasteiger partial charge in [0.2, 0.25) is 0 Å². The van der Waals surface area contributed by atoms with Crippen molar-refractivity contribution >= 4 is 0 Å². The Kier molecular flexibility index (Phi) is 2.96. The topological polar surface area (TPSA) is 38.1 Å². The fourth-order valence-corrected chi connectivity index (χ4v) is 2.97. The maximum atomic E-state index is 5.68. The van der Waals surface area contributed by atoms with Crippen molar-refractivity contribution in [3.05, 3.63) is 17.8 Å². The Bertz CT molecular complexity index is 335. The highest BCUT2D eigenvalue weighted by Gasteiger charge is 2.24. The minimum atomic E-state index is 0.552. The van der Waals surface area contributed by atoms with Gasteiger partial charge in [-0.3, -0.25) is 0 Å². The predicted molar refractivity (Wildman–Crippen MR) is 62.6 cm³/mol. The number of nitrogens with zero attached hydrogens (tertiary/aromatic N) is 1. The van der Waals surface area contributed by atoms with Crippen LogP contribution < -0.4 is 5.32 Å². The quantitative estimate of drug-likeness (QED) is 0.832. The van der Waals surface area contributed by atoms with Gasteiger partial charge in [0.1, 0.15) is 6.26 Å². The normalized spacial score (nSPS) is 24.0. The van der Waals surface area contributed by atoms with Gasteiger partial charge in [0.25, 0.3) is 0 Å². The molecular weight excluding hydrogens is 200 g/mol. The van der Waals surface area contributed by atoms with E-state index in [1.807, 2.05) is 6.26 Å². The third-order valence-corrected chi connectivity index (χ3v) is 4.00. The Morgan fingerprint density at radius 1 is 1.06 bits per heavy atom. The van der Waals surface area contributed by atoms with E-state index in [0.29, 0.717) is 11.8 Å². The second-order valence-corrected chi connectivity index (χ2v) is 5.12. The molecule has 2 aliphatic rings. The Morgan fingerprint density at radius 3 is 2.56 bits per heavy atom. The number of nitrogens with one attached hydrogen (secondary N) is 1. The van der Waals surface area contributed by atoms with Crippen LogP contribution in [0.5, 0.6) is 0 Å². The number of rotatable bonds is 2. The lowest BCUT2D eigenvalue weighted by Gasteiger charge is -2.19. The summed E-state index contributed by atoms with van der Waals surface area (Å²) in [6, 6.07) is 0. The first-order valence-electron chi connectivity index (χ1n) is 6.59. The number of aromatic nitrogens is 1. The van der Waals surface area contributed by atoms with Crippen molar-refractivity contribution in [1.82, 2.24) is 10.3 Å². The summed E-state index contributed by atoms with van der Waals surface area (Å²) in [6.07, 6.45) is 9.58. The molecule has 0 spiro atoms. The first kappa shape index (κ1) is 10.3. The zero-order chi connectivity index (χ0) is 10.8. The smallest absolute Gasteiger partial charge is 0.197 e. The average molecular weight is 220 g/mol. The van der Waals surface area contributed by atoms with Crippen LogP contribution in [0.25, 0.3) is 0 Å². The summed E-state index contributed by atoms with van der Waals surface area (Å²) < 4.78 is 5.68. The van der Waals surface area contributed by atoms with Crippen molar-refractivity contribution in [2.45, 2.75) is 50.4 Å². The van der Waals surface area contributed by atoms with Crippen LogP contribution in [0, 0.1) is 0 Å². The molecule has 2 heterocycles.